The SMILES string of the molecule is CCOC(=O)c1c(C)[nH]c(C(=O)CSc2nnc(Cc3cccs3)n2-c2ccccc2)c1C. The van der Waals surface area contributed by atoms with Crippen LogP contribution in [0.15, 0.2) is 53.0 Å². The lowest BCUT2D eigenvalue weighted by atomic mass is 10.1. The molecule has 1 N–H and O–H groups in total. The van der Waals surface area contributed by atoms with Crippen molar-refractivity contribution in [2.45, 2.75) is 32.3 Å². The number of esters is 1. The number of nitrogens with one attached hydrogen (secondary N) is 1. The Morgan fingerprint density at radius 2 is 1.91 bits per heavy atom. The molecule has 0 radical (unpaired) electrons. The zero-order valence-corrected chi connectivity index (χ0v) is 20.3. The van der Waals surface area contributed by atoms with Crippen molar-refractivity contribution in [2.24, 2.45) is 0 Å². The fourth-order valence-electron chi connectivity index (χ4n) is 3.65. The summed E-state index contributed by atoms with van der Waals surface area (Å²) in [5.74, 6) is 0.443. The Hall–Kier alpha value is -3.17. The maximum absolute atomic E-state index is 13.0. The van der Waals surface area contributed by atoms with Gasteiger partial charge in [0.25, 0.3) is 0 Å². The fourth-order valence-corrected chi connectivity index (χ4v) is 5.20. The van der Waals surface area contributed by atoms with Gasteiger partial charge in [-0.2, -0.15) is 0 Å². The number of Topliss-reactive ketones (excluding diaryl/α,β-unsaturated/α-hetero) is 1. The number of benzene rings is 1. The zero-order valence-electron chi connectivity index (χ0n) is 18.6. The number of thioether (sulfide) groups is 1. The molecule has 170 valence electrons. The molecule has 0 saturated carbocycles. The number of ether oxygens (including phenoxy) is 1. The van der Waals surface area contributed by atoms with Crippen LogP contribution in [-0.2, 0) is 11.2 Å². The molecule has 7 nitrogen and oxygen atoms in total. The number of aromatic nitrogens is 4. The van der Waals surface area contributed by atoms with Gasteiger partial charge in [0.05, 0.1) is 23.6 Å². The van der Waals surface area contributed by atoms with Crippen molar-refractivity contribution >= 4 is 34.9 Å². The van der Waals surface area contributed by atoms with Crippen LogP contribution in [0.3, 0.4) is 0 Å². The van der Waals surface area contributed by atoms with Crippen LogP contribution in [0.25, 0.3) is 5.69 Å². The van der Waals surface area contributed by atoms with E-state index >= 15 is 0 Å². The Morgan fingerprint density at radius 1 is 1.12 bits per heavy atom. The molecule has 0 fully saturated rings. The fraction of sp³-hybridized carbons (Fsp3) is 0.250. The van der Waals surface area contributed by atoms with Gasteiger partial charge in [0, 0.05) is 22.7 Å². The Labute approximate surface area is 200 Å². The summed E-state index contributed by atoms with van der Waals surface area (Å²) in [5.41, 5.74) is 3.04. The van der Waals surface area contributed by atoms with E-state index in [1.165, 1.54) is 16.6 Å². The highest BCUT2D eigenvalue weighted by atomic mass is 32.2. The van der Waals surface area contributed by atoms with Gasteiger partial charge in [-0.05, 0) is 49.9 Å². The van der Waals surface area contributed by atoms with Crippen molar-refractivity contribution in [3.63, 3.8) is 0 Å². The minimum atomic E-state index is -0.419. The van der Waals surface area contributed by atoms with Crippen molar-refractivity contribution < 1.29 is 14.3 Å². The quantitative estimate of drug-likeness (QED) is 0.206. The van der Waals surface area contributed by atoms with Crippen molar-refractivity contribution in [1.82, 2.24) is 19.7 Å². The predicted octanol–water partition coefficient (Wildman–Crippen LogP) is 5.02. The standard InChI is InChI=1S/C24H24N4O3S2/c1-4-31-23(30)21-15(2)22(25-16(21)3)19(29)14-33-24-27-26-20(13-18-11-8-12-32-18)28(24)17-9-6-5-7-10-17/h5-12,25H,4,13-14H2,1-3H3. The third-order valence-electron chi connectivity index (χ3n) is 5.16. The average Bonchev–Trinajstić information content (AvgIpc) is 3.53. The van der Waals surface area contributed by atoms with E-state index < -0.39 is 5.97 Å². The highest BCUT2D eigenvalue weighted by Crippen LogP contribution is 2.26. The van der Waals surface area contributed by atoms with Gasteiger partial charge in [0.15, 0.2) is 10.9 Å². The number of hydrogen-bond donors (Lipinski definition) is 1. The average molecular weight is 481 g/mol. The van der Waals surface area contributed by atoms with E-state index in [0.717, 1.165) is 11.5 Å². The third kappa shape index (κ3) is 4.94. The normalized spacial score (nSPS) is 11.0. The largest absolute Gasteiger partial charge is 0.462 e. The number of thiophene rings is 1. The number of rotatable bonds is 9. The van der Waals surface area contributed by atoms with Crippen LogP contribution in [0.5, 0.6) is 0 Å². The maximum atomic E-state index is 13.0. The van der Waals surface area contributed by atoms with Crippen LogP contribution >= 0.6 is 23.1 Å². The molecule has 1 aromatic carbocycles. The highest BCUT2D eigenvalue weighted by Gasteiger charge is 2.24. The second kappa shape index (κ2) is 10.2. The van der Waals surface area contributed by atoms with Crippen LogP contribution in [0, 0.1) is 13.8 Å². The lowest BCUT2D eigenvalue weighted by Crippen LogP contribution is -2.09. The number of nitrogens with zero attached hydrogens (tertiary/aromatic N) is 3. The molecule has 0 unspecified atom stereocenters. The molecule has 0 aliphatic carbocycles. The molecule has 0 atom stereocenters. The van der Waals surface area contributed by atoms with Gasteiger partial charge in [0.1, 0.15) is 5.82 Å². The van der Waals surface area contributed by atoms with E-state index in [9.17, 15) is 9.59 Å². The van der Waals surface area contributed by atoms with Crippen LogP contribution in [-0.4, -0.2) is 43.9 Å². The summed E-state index contributed by atoms with van der Waals surface area (Å²) in [7, 11) is 0. The van der Waals surface area contributed by atoms with E-state index in [2.05, 4.69) is 21.2 Å². The summed E-state index contributed by atoms with van der Waals surface area (Å²) in [6.45, 7) is 5.57. The first-order valence-corrected chi connectivity index (χ1v) is 12.4. The predicted molar refractivity (Wildman–Crippen MR) is 130 cm³/mol. The molecule has 33 heavy (non-hydrogen) atoms. The number of H-pyrrole nitrogens is 1. The zero-order chi connectivity index (χ0) is 23.4. The molecule has 0 spiro atoms. The Bertz CT molecular complexity index is 1260. The van der Waals surface area contributed by atoms with Gasteiger partial charge in [0.2, 0.25) is 0 Å². The minimum Gasteiger partial charge on any atom is -0.462 e. The molecular weight excluding hydrogens is 456 g/mol. The Morgan fingerprint density at radius 3 is 2.61 bits per heavy atom. The summed E-state index contributed by atoms with van der Waals surface area (Å²) in [4.78, 5) is 29.5. The van der Waals surface area contributed by atoms with Gasteiger partial charge in [-0.15, -0.1) is 21.5 Å². The summed E-state index contributed by atoms with van der Waals surface area (Å²) in [6, 6.07) is 14.0. The van der Waals surface area contributed by atoms with E-state index in [-0.39, 0.29) is 18.1 Å². The first-order valence-electron chi connectivity index (χ1n) is 10.5. The lowest BCUT2D eigenvalue weighted by molar-refractivity contribution is 0.0525. The third-order valence-corrected chi connectivity index (χ3v) is 6.96. The summed E-state index contributed by atoms with van der Waals surface area (Å²) < 4.78 is 7.12. The molecule has 4 aromatic rings. The number of aromatic amines is 1. The van der Waals surface area contributed by atoms with Crippen LogP contribution in [0.1, 0.15) is 49.7 Å². The number of carbonyl (C=O) groups excluding carboxylic acids is 2. The topological polar surface area (TPSA) is 89.9 Å². The van der Waals surface area contributed by atoms with E-state index in [4.69, 9.17) is 4.74 Å². The number of ketones is 1. The molecule has 0 saturated heterocycles. The summed E-state index contributed by atoms with van der Waals surface area (Å²) in [5, 5.41) is 11.5. The molecule has 3 heterocycles. The number of aryl methyl sites for hydroxylation is 1. The van der Waals surface area contributed by atoms with E-state index in [1.807, 2.05) is 46.3 Å². The van der Waals surface area contributed by atoms with Crippen molar-refractivity contribution in [3.05, 3.63) is 81.1 Å². The minimum absolute atomic E-state index is 0.112. The van der Waals surface area contributed by atoms with Gasteiger partial charge < -0.3 is 9.72 Å². The first-order chi connectivity index (χ1) is 16.0. The van der Waals surface area contributed by atoms with Crippen LogP contribution < -0.4 is 0 Å². The Balaban J connectivity index is 1.58. The molecule has 4 rings (SSSR count). The molecule has 0 aliphatic heterocycles. The van der Waals surface area contributed by atoms with Gasteiger partial charge in [-0.25, -0.2) is 4.79 Å². The molecule has 9 heteroatoms. The molecule has 0 amide bonds. The second-order valence-corrected chi connectivity index (χ2v) is 9.36. The van der Waals surface area contributed by atoms with Gasteiger partial charge >= 0.3 is 5.97 Å². The van der Waals surface area contributed by atoms with Crippen molar-refractivity contribution in [2.75, 3.05) is 12.4 Å². The van der Waals surface area contributed by atoms with Crippen molar-refractivity contribution in [3.8, 4) is 5.69 Å². The smallest absolute Gasteiger partial charge is 0.340 e. The number of para-hydroxylation sites is 1. The monoisotopic (exact) mass is 480 g/mol. The maximum Gasteiger partial charge on any atom is 0.340 e. The van der Waals surface area contributed by atoms with Gasteiger partial charge in [-0.3, -0.25) is 9.36 Å². The van der Waals surface area contributed by atoms with Crippen molar-refractivity contribution in [1.29, 1.82) is 0 Å². The van der Waals surface area contributed by atoms with E-state index in [1.54, 1.807) is 32.1 Å². The van der Waals surface area contributed by atoms with E-state index in [0.29, 0.717) is 34.1 Å². The van der Waals surface area contributed by atoms with Crippen LogP contribution in [0.2, 0.25) is 0 Å². The first kappa shape index (κ1) is 23.0. The summed E-state index contributed by atoms with van der Waals surface area (Å²) in [6.07, 6.45) is 0.659. The lowest BCUT2D eigenvalue weighted by Gasteiger charge is -2.09. The Kier molecular flexibility index (Phi) is 7.10. The number of carbonyl (C=O) groups is 2. The van der Waals surface area contributed by atoms with Crippen LogP contribution in [0.4, 0.5) is 0 Å². The molecule has 0 aliphatic rings. The molecular formula is C24H24N4O3S2. The molecule has 3 aromatic heterocycles. The summed E-state index contributed by atoms with van der Waals surface area (Å²) >= 11 is 3.00. The second-order valence-electron chi connectivity index (χ2n) is 7.38. The molecule has 0 bridgehead atoms. The van der Waals surface area contributed by atoms with Gasteiger partial charge in [-0.1, -0.05) is 36.0 Å². The highest BCUT2D eigenvalue weighted by molar-refractivity contribution is 7.99. The number of hydrogen-bond acceptors (Lipinski definition) is 7.